The standard InChI is InChI=1S/C13H18ClF2N/c1-2-10-6-9(7-12(14)13(10)16)4-3-5-11(17)8-15/h6-7,11H,2-5,8,17H2,1H3/t11-/m1/s1. The first-order chi connectivity index (χ1) is 8.08. The van der Waals surface area contributed by atoms with Crippen LogP contribution in [-0.2, 0) is 12.8 Å². The van der Waals surface area contributed by atoms with Crippen molar-refractivity contribution >= 4 is 11.6 Å². The minimum atomic E-state index is -0.496. The quantitative estimate of drug-likeness (QED) is 0.831. The molecule has 0 unspecified atom stereocenters. The highest BCUT2D eigenvalue weighted by Crippen LogP contribution is 2.22. The van der Waals surface area contributed by atoms with Crippen molar-refractivity contribution in [3.05, 3.63) is 34.1 Å². The van der Waals surface area contributed by atoms with E-state index >= 15 is 0 Å². The summed E-state index contributed by atoms with van der Waals surface area (Å²) in [5, 5.41) is 0.161. The van der Waals surface area contributed by atoms with E-state index in [-0.39, 0.29) is 10.8 Å². The van der Waals surface area contributed by atoms with E-state index < -0.39 is 12.7 Å². The van der Waals surface area contributed by atoms with Crippen molar-refractivity contribution in [1.29, 1.82) is 0 Å². The number of benzene rings is 1. The van der Waals surface area contributed by atoms with E-state index in [0.29, 0.717) is 18.4 Å². The van der Waals surface area contributed by atoms with Gasteiger partial charge >= 0.3 is 0 Å². The molecule has 4 heteroatoms. The van der Waals surface area contributed by atoms with Gasteiger partial charge in [-0.1, -0.05) is 24.6 Å². The molecule has 1 rings (SSSR count). The van der Waals surface area contributed by atoms with Crippen LogP contribution in [0.1, 0.15) is 30.9 Å². The molecule has 1 aromatic carbocycles. The second-order valence-corrected chi connectivity index (χ2v) is 4.62. The largest absolute Gasteiger partial charge is 0.325 e. The van der Waals surface area contributed by atoms with E-state index in [1.54, 1.807) is 6.07 Å². The normalized spacial score (nSPS) is 12.8. The SMILES string of the molecule is CCc1cc(CCC[C@@H](N)CF)cc(Cl)c1F. The predicted molar refractivity (Wildman–Crippen MR) is 67.7 cm³/mol. The van der Waals surface area contributed by atoms with Crippen molar-refractivity contribution in [2.45, 2.75) is 38.6 Å². The Balaban J connectivity index is 2.63. The Kier molecular flexibility index (Phi) is 5.86. The molecule has 17 heavy (non-hydrogen) atoms. The average molecular weight is 262 g/mol. The first kappa shape index (κ1) is 14.4. The number of nitrogens with two attached hydrogens (primary N) is 1. The highest BCUT2D eigenvalue weighted by Gasteiger charge is 2.08. The Bertz CT molecular complexity index is 369. The lowest BCUT2D eigenvalue weighted by Crippen LogP contribution is -2.21. The van der Waals surface area contributed by atoms with Crippen LogP contribution >= 0.6 is 11.6 Å². The van der Waals surface area contributed by atoms with Gasteiger partial charge in [0, 0.05) is 6.04 Å². The van der Waals surface area contributed by atoms with Gasteiger partial charge in [-0.15, -0.1) is 0 Å². The molecule has 0 spiro atoms. The summed E-state index contributed by atoms with van der Waals surface area (Å²) in [6, 6.07) is 3.07. The van der Waals surface area contributed by atoms with E-state index in [1.165, 1.54) is 0 Å². The molecule has 1 nitrogen and oxygen atoms in total. The van der Waals surface area contributed by atoms with Gasteiger partial charge < -0.3 is 5.73 Å². The molecule has 0 radical (unpaired) electrons. The van der Waals surface area contributed by atoms with Crippen LogP contribution in [0.15, 0.2) is 12.1 Å². The van der Waals surface area contributed by atoms with E-state index in [0.717, 1.165) is 18.4 Å². The zero-order chi connectivity index (χ0) is 12.8. The summed E-state index contributed by atoms with van der Waals surface area (Å²) in [7, 11) is 0. The highest BCUT2D eigenvalue weighted by molar-refractivity contribution is 6.30. The fourth-order valence-electron chi connectivity index (χ4n) is 1.76. The Morgan fingerprint density at radius 2 is 2.12 bits per heavy atom. The summed E-state index contributed by atoms with van der Waals surface area (Å²) in [5.74, 6) is -0.335. The minimum absolute atomic E-state index is 0.161. The molecule has 0 aliphatic rings. The van der Waals surface area contributed by atoms with E-state index in [4.69, 9.17) is 17.3 Å². The van der Waals surface area contributed by atoms with Crippen LogP contribution in [0, 0.1) is 5.82 Å². The third-order valence-corrected chi connectivity index (χ3v) is 3.06. The van der Waals surface area contributed by atoms with Gasteiger partial charge in [-0.2, -0.15) is 0 Å². The van der Waals surface area contributed by atoms with Crippen molar-refractivity contribution < 1.29 is 8.78 Å². The molecular formula is C13H18ClF2N. The fraction of sp³-hybridized carbons (Fsp3) is 0.538. The third-order valence-electron chi connectivity index (χ3n) is 2.78. The number of rotatable bonds is 6. The maximum absolute atomic E-state index is 13.5. The Hall–Kier alpha value is -0.670. The monoisotopic (exact) mass is 261 g/mol. The van der Waals surface area contributed by atoms with Crippen molar-refractivity contribution in [2.75, 3.05) is 6.67 Å². The number of halogens is 3. The molecule has 1 atom stereocenters. The van der Waals surface area contributed by atoms with Crippen molar-refractivity contribution in [2.24, 2.45) is 5.73 Å². The minimum Gasteiger partial charge on any atom is -0.325 e. The number of hydrogen-bond acceptors (Lipinski definition) is 1. The van der Waals surface area contributed by atoms with Crippen LogP contribution < -0.4 is 5.73 Å². The van der Waals surface area contributed by atoms with E-state index in [9.17, 15) is 8.78 Å². The predicted octanol–water partition coefficient (Wildman–Crippen LogP) is 3.66. The summed E-state index contributed by atoms with van der Waals surface area (Å²) in [6.07, 6.45) is 2.78. The maximum atomic E-state index is 13.5. The topological polar surface area (TPSA) is 26.0 Å². The van der Waals surface area contributed by atoms with Gasteiger partial charge in [-0.05, 0) is 42.9 Å². The van der Waals surface area contributed by atoms with Crippen LogP contribution in [0.25, 0.3) is 0 Å². The summed E-state index contributed by atoms with van der Waals surface area (Å²) in [4.78, 5) is 0. The maximum Gasteiger partial charge on any atom is 0.144 e. The number of alkyl halides is 1. The summed E-state index contributed by atoms with van der Waals surface area (Å²) in [6.45, 7) is 1.39. The van der Waals surface area contributed by atoms with E-state index in [2.05, 4.69) is 0 Å². The van der Waals surface area contributed by atoms with Crippen molar-refractivity contribution in [3.8, 4) is 0 Å². The molecule has 96 valence electrons. The van der Waals surface area contributed by atoms with Gasteiger partial charge in [-0.25, -0.2) is 8.78 Å². The second kappa shape index (κ2) is 6.92. The van der Waals surface area contributed by atoms with Crippen LogP contribution in [0.4, 0.5) is 8.78 Å². The number of hydrogen-bond donors (Lipinski definition) is 1. The van der Waals surface area contributed by atoms with Gasteiger partial charge in [0.05, 0.1) is 5.02 Å². The molecule has 0 heterocycles. The lowest BCUT2D eigenvalue weighted by molar-refractivity contribution is 0.407. The van der Waals surface area contributed by atoms with Gasteiger partial charge in [0.1, 0.15) is 12.5 Å². The lowest BCUT2D eigenvalue weighted by atomic mass is 10.0. The molecule has 0 aliphatic carbocycles. The van der Waals surface area contributed by atoms with E-state index in [1.807, 2.05) is 13.0 Å². The van der Waals surface area contributed by atoms with Gasteiger partial charge in [0.25, 0.3) is 0 Å². The van der Waals surface area contributed by atoms with Gasteiger partial charge in [-0.3, -0.25) is 0 Å². The molecule has 1 aromatic rings. The summed E-state index contributed by atoms with van der Waals surface area (Å²) >= 11 is 5.81. The molecule has 0 saturated carbocycles. The van der Waals surface area contributed by atoms with Crippen molar-refractivity contribution in [3.63, 3.8) is 0 Å². The van der Waals surface area contributed by atoms with Crippen LogP contribution in [0.3, 0.4) is 0 Å². The zero-order valence-corrected chi connectivity index (χ0v) is 10.7. The molecule has 0 amide bonds. The van der Waals surface area contributed by atoms with Crippen LogP contribution in [0.5, 0.6) is 0 Å². The third kappa shape index (κ3) is 4.25. The van der Waals surface area contributed by atoms with Crippen LogP contribution in [-0.4, -0.2) is 12.7 Å². The molecule has 2 N–H and O–H groups in total. The van der Waals surface area contributed by atoms with Crippen molar-refractivity contribution in [1.82, 2.24) is 0 Å². The Morgan fingerprint density at radius 1 is 1.41 bits per heavy atom. The smallest absolute Gasteiger partial charge is 0.144 e. The summed E-state index contributed by atoms with van der Waals surface area (Å²) < 4.78 is 25.6. The zero-order valence-electron chi connectivity index (χ0n) is 9.98. The van der Waals surface area contributed by atoms with Crippen LogP contribution in [0.2, 0.25) is 5.02 Å². The van der Waals surface area contributed by atoms with Gasteiger partial charge in [0.2, 0.25) is 0 Å². The Labute approximate surface area is 106 Å². The molecule has 0 fully saturated rings. The lowest BCUT2D eigenvalue weighted by Gasteiger charge is -2.09. The summed E-state index contributed by atoms with van der Waals surface area (Å²) in [5.41, 5.74) is 7.10. The molecule has 0 saturated heterocycles. The fourth-order valence-corrected chi connectivity index (χ4v) is 2.02. The first-order valence-corrected chi connectivity index (χ1v) is 6.24. The molecule has 0 aromatic heterocycles. The molecular weight excluding hydrogens is 244 g/mol. The first-order valence-electron chi connectivity index (χ1n) is 5.86. The number of aryl methyl sites for hydroxylation is 2. The Morgan fingerprint density at radius 3 is 2.71 bits per heavy atom. The average Bonchev–Trinajstić information content (AvgIpc) is 2.33. The molecule has 0 bridgehead atoms. The van der Waals surface area contributed by atoms with Gasteiger partial charge in [0.15, 0.2) is 0 Å². The molecule has 0 aliphatic heterocycles. The second-order valence-electron chi connectivity index (χ2n) is 4.21. The highest BCUT2D eigenvalue weighted by atomic mass is 35.5.